The number of furan rings is 1. The normalized spacial score (nSPS) is 11.9. The fraction of sp³-hybridized carbons (Fsp3) is 0.105. The smallest absolute Gasteiger partial charge is 0.287 e. The molecule has 0 aliphatic rings. The first-order chi connectivity index (χ1) is 12.5. The molecule has 134 valence electrons. The van der Waals surface area contributed by atoms with Gasteiger partial charge in [-0.05, 0) is 36.4 Å². The lowest BCUT2D eigenvalue weighted by Crippen LogP contribution is -2.22. The Morgan fingerprint density at radius 3 is 2.69 bits per heavy atom. The number of halogens is 2. The van der Waals surface area contributed by atoms with E-state index in [-0.39, 0.29) is 23.9 Å². The van der Waals surface area contributed by atoms with Crippen molar-refractivity contribution in [3.05, 3.63) is 88.6 Å². The van der Waals surface area contributed by atoms with Gasteiger partial charge in [0.1, 0.15) is 11.6 Å². The van der Waals surface area contributed by atoms with Crippen LogP contribution < -0.4 is 5.32 Å². The van der Waals surface area contributed by atoms with E-state index in [4.69, 9.17) is 16.0 Å². The standard InChI is InChI=1S/C19H15ClFNO3S/c20-14-5-3-6-16(10-14)26(24)12-15-8-9-18(25-15)19(23)22-11-13-4-1-2-7-17(13)21/h1-10H,11-12H2,(H,22,23). The first-order valence-corrected chi connectivity index (χ1v) is 9.47. The Morgan fingerprint density at radius 1 is 1.12 bits per heavy atom. The minimum atomic E-state index is -1.34. The Hall–Kier alpha value is -2.44. The van der Waals surface area contributed by atoms with Gasteiger partial charge < -0.3 is 9.73 Å². The van der Waals surface area contributed by atoms with Crippen LogP contribution in [-0.2, 0) is 23.1 Å². The van der Waals surface area contributed by atoms with Gasteiger partial charge in [0, 0.05) is 22.0 Å². The van der Waals surface area contributed by atoms with Crippen LogP contribution in [0.25, 0.3) is 0 Å². The molecule has 1 N–H and O–H groups in total. The van der Waals surface area contributed by atoms with E-state index < -0.39 is 16.7 Å². The Balaban J connectivity index is 1.61. The molecule has 4 nitrogen and oxygen atoms in total. The molecule has 7 heteroatoms. The second-order valence-electron chi connectivity index (χ2n) is 5.49. The molecule has 1 heterocycles. The molecule has 1 atom stereocenters. The summed E-state index contributed by atoms with van der Waals surface area (Å²) in [6, 6.07) is 16.1. The molecule has 0 aliphatic heterocycles. The van der Waals surface area contributed by atoms with Crippen LogP contribution in [0.2, 0.25) is 5.02 Å². The molecule has 0 aliphatic carbocycles. The van der Waals surface area contributed by atoms with E-state index in [1.807, 2.05) is 0 Å². The molecular formula is C19H15ClFNO3S. The lowest BCUT2D eigenvalue weighted by molar-refractivity contribution is 0.0921. The number of rotatable bonds is 6. The fourth-order valence-electron chi connectivity index (χ4n) is 2.30. The first-order valence-electron chi connectivity index (χ1n) is 7.77. The largest absolute Gasteiger partial charge is 0.455 e. The van der Waals surface area contributed by atoms with Crippen molar-refractivity contribution in [2.75, 3.05) is 0 Å². The summed E-state index contributed by atoms with van der Waals surface area (Å²) in [5.41, 5.74) is 0.384. The van der Waals surface area contributed by atoms with Crippen LogP contribution in [-0.4, -0.2) is 10.1 Å². The SMILES string of the molecule is O=C(NCc1ccccc1F)c1ccc(CS(=O)c2cccc(Cl)c2)o1. The van der Waals surface area contributed by atoms with Gasteiger partial charge in [-0.15, -0.1) is 0 Å². The highest BCUT2D eigenvalue weighted by molar-refractivity contribution is 7.84. The van der Waals surface area contributed by atoms with E-state index in [2.05, 4.69) is 5.32 Å². The summed E-state index contributed by atoms with van der Waals surface area (Å²) in [6.07, 6.45) is 0. The molecule has 0 fully saturated rings. The van der Waals surface area contributed by atoms with Gasteiger partial charge in [0.2, 0.25) is 0 Å². The maximum absolute atomic E-state index is 13.6. The zero-order valence-corrected chi connectivity index (χ0v) is 15.1. The first kappa shape index (κ1) is 18.4. The minimum Gasteiger partial charge on any atom is -0.455 e. The summed E-state index contributed by atoms with van der Waals surface area (Å²) in [7, 11) is -1.34. The molecule has 0 saturated carbocycles. The lowest BCUT2D eigenvalue weighted by Gasteiger charge is -2.04. The van der Waals surface area contributed by atoms with Crippen LogP contribution in [0.15, 0.2) is 70.0 Å². The average molecular weight is 392 g/mol. The van der Waals surface area contributed by atoms with Crippen molar-refractivity contribution in [2.24, 2.45) is 0 Å². The van der Waals surface area contributed by atoms with E-state index in [1.54, 1.807) is 48.5 Å². The van der Waals surface area contributed by atoms with E-state index in [0.29, 0.717) is 21.2 Å². The van der Waals surface area contributed by atoms with Crippen molar-refractivity contribution in [3.8, 4) is 0 Å². The van der Waals surface area contributed by atoms with E-state index in [1.165, 1.54) is 12.1 Å². The van der Waals surface area contributed by atoms with Gasteiger partial charge in [-0.3, -0.25) is 9.00 Å². The van der Waals surface area contributed by atoms with Gasteiger partial charge in [-0.25, -0.2) is 4.39 Å². The molecule has 2 aromatic carbocycles. The predicted octanol–water partition coefficient (Wildman–Crippen LogP) is 4.31. The lowest BCUT2D eigenvalue weighted by atomic mass is 10.2. The molecule has 1 unspecified atom stereocenters. The van der Waals surface area contributed by atoms with Crippen LogP contribution in [0, 0.1) is 5.82 Å². The fourth-order valence-corrected chi connectivity index (χ4v) is 3.63. The van der Waals surface area contributed by atoms with Gasteiger partial charge in [0.25, 0.3) is 5.91 Å². The van der Waals surface area contributed by atoms with Gasteiger partial charge in [-0.2, -0.15) is 0 Å². The van der Waals surface area contributed by atoms with Gasteiger partial charge in [0.05, 0.1) is 16.6 Å². The third-order valence-electron chi connectivity index (χ3n) is 3.62. The zero-order valence-electron chi connectivity index (χ0n) is 13.6. The summed E-state index contributed by atoms with van der Waals surface area (Å²) >= 11 is 5.90. The quantitative estimate of drug-likeness (QED) is 0.681. The number of nitrogens with one attached hydrogen (secondary N) is 1. The van der Waals surface area contributed by atoms with Crippen molar-refractivity contribution >= 4 is 28.3 Å². The molecule has 3 aromatic rings. The van der Waals surface area contributed by atoms with Crippen molar-refractivity contribution < 1.29 is 17.8 Å². The summed E-state index contributed by atoms with van der Waals surface area (Å²) < 4.78 is 31.4. The second kappa shape index (κ2) is 8.29. The molecule has 0 saturated heterocycles. The van der Waals surface area contributed by atoms with Crippen molar-refractivity contribution in [1.29, 1.82) is 0 Å². The molecular weight excluding hydrogens is 377 g/mol. The third-order valence-corrected chi connectivity index (χ3v) is 5.18. The van der Waals surface area contributed by atoms with Crippen LogP contribution in [0.1, 0.15) is 21.9 Å². The topological polar surface area (TPSA) is 59.3 Å². The summed E-state index contributed by atoms with van der Waals surface area (Å²) in [6.45, 7) is 0.0516. The molecule has 1 amide bonds. The highest BCUT2D eigenvalue weighted by Gasteiger charge is 2.14. The predicted molar refractivity (Wildman–Crippen MR) is 97.8 cm³/mol. The Morgan fingerprint density at radius 2 is 1.92 bits per heavy atom. The number of carbonyl (C=O) groups is 1. The molecule has 0 bridgehead atoms. The summed E-state index contributed by atoms with van der Waals surface area (Å²) in [5, 5.41) is 3.10. The maximum atomic E-state index is 13.6. The number of benzene rings is 2. The van der Waals surface area contributed by atoms with E-state index in [9.17, 15) is 13.4 Å². The number of hydrogen-bond acceptors (Lipinski definition) is 3. The highest BCUT2D eigenvalue weighted by Crippen LogP contribution is 2.18. The van der Waals surface area contributed by atoms with Crippen LogP contribution in [0.4, 0.5) is 4.39 Å². The Bertz CT molecular complexity index is 957. The van der Waals surface area contributed by atoms with E-state index in [0.717, 1.165) is 0 Å². The Kier molecular flexibility index (Phi) is 5.85. The monoisotopic (exact) mass is 391 g/mol. The van der Waals surface area contributed by atoms with Crippen molar-refractivity contribution in [1.82, 2.24) is 5.32 Å². The van der Waals surface area contributed by atoms with Crippen LogP contribution in [0.5, 0.6) is 0 Å². The van der Waals surface area contributed by atoms with E-state index >= 15 is 0 Å². The zero-order chi connectivity index (χ0) is 18.5. The van der Waals surface area contributed by atoms with Gasteiger partial charge in [-0.1, -0.05) is 35.9 Å². The number of carbonyl (C=O) groups excluding carboxylic acids is 1. The minimum absolute atomic E-state index is 0.0516. The van der Waals surface area contributed by atoms with Gasteiger partial charge >= 0.3 is 0 Å². The van der Waals surface area contributed by atoms with Crippen molar-refractivity contribution in [2.45, 2.75) is 17.2 Å². The third kappa shape index (κ3) is 4.59. The second-order valence-corrected chi connectivity index (χ2v) is 7.37. The average Bonchev–Trinajstić information content (AvgIpc) is 3.09. The molecule has 1 aromatic heterocycles. The molecule has 0 spiro atoms. The van der Waals surface area contributed by atoms with Gasteiger partial charge in [0.15, 0.2) is 5.76 Å². The molecule has 26 heavy (non-hydrogen) atoms. The van der Waals surface area contributed by atoms with Crippen LogP contribution in [0.3, 0.4) is 0 Å². The summed E-state index contributed by atoms with van der Waals surface area (Å²) in [4.78, 5) is 12.7. The Labute approximate surface area is 157 Å². The van der Waals surface area contributed by atoms with Crippen LogP contribution >= 0.6 is 11.6 Å². The number of hydrogen-bond donors (Lipinski definition) is 1. The highest BCUT2D eigenvalue weighted by atomic mass is 35.5. The number of amides is 1. The maximum Gasteiger partial charge on any atom is 0.287 e. The molecule has 0 radical (unpaired) electrons. The summed E-state index contributed by atoms with van der Waals surface area (Å²) in [5.74, 6) is -0.224. The van der Waals surface area contributed by atoms with Crippen molar-refractivity contribution in [3.63, 3.8) is 0 Å². The molecule has 3 rings (SSSR count).